The Morgan fingerprint density at radius 2 is 2.30 bits per heavy atom. The summed E-state index contributed by atoms with van der Waals surface area (Å²) in [6, 6.07) is 1.87. The third kappa shape index (κ3) is 3.97. The molecule has 1 amide bonds. The van der Waals surface area contributed by atoms with Gasteiger partial charge < -0.3 is 20.5 Å². The number of piperidine rings is 1. The second-order valence-corrected chi connectivity index (χ2v) is 7.24. The van der Waals surface area contributed by atoms with Crippen molar-refractivity contribution in [1.29, 1.82) is 0 Å². The number of fused-ring (bicyclic) bond motifs is 1. The maximum Gasteiger partial charge on any atom is 0.242 e. The van der Waals surface area contributed by atoms with Crippen molar-refractivity contribution in [3.05, 3.63) is 42.5 Å². The van der Waals surface area contributed by atoms with E-state index in [1.165, 1.54) is 0 Å². The summed E-state index contributed by atoms with van der Waals surface area (Å²) in [6.45, 7) is 3.61. The van der Waals surface area contributed by atoms with Crippen molar-refractivity contribution in [2.45, 2.75) is 44.7 Å². The van der Waals surface area contributed by atoms with Gasteiger partial charge in [-0.25, -0.2) is 9.97 Å². The Labute approximate surface area is 159 Å². The van der Waals surface area contributed by atoms with Crippen molar-refractivity contribution in [1.82, 2.24) is 25.6 Å². The Morgan fingerprint density at radius 3 is 3.15 bits per heavy atom. The summed E-state index contributed by atoms with van der Waals surface area (Å²) in [5.74, 6) is 0.972. The van der Waals surface area contributed by atoms with Gasteiger partial charge in [-0.1, -0.05) is 12.2 Å². The molecular weight excluding hydrogens is 340 g/mol. The van der Waals surface area contributed by atoms with E-state index in [9.17, 15) is 4.79 Å². The van der Waals surface area contributed by atoms with Gasteiger partial charge in [0.05, 0.1) is 5.39 Å². The lowest BCUT2D eigenvalue weighted by Gasteiger charge is -2.34. The molecule has 2 atom stereocenters. The van der Waals surface area contributed by atoms with Crippen LogP contribution in [0.25, 0.3) is 11.0 Å². The number of H-pyrrole nitrogens is 1. The van der Waals surface area contributed by atoms with Crippen LogP contribution in [0, 0.1) is 0 Å². The number of hydrogen-bond acceptors (Lipinski definition) is 5. The number of nitrogens with zero attached hydrogens (tertiary/aromatic N) is 3. The van der Waals surface area contributed by atoms with Crippen molar-refractivity contribution in [3.63, 3.8) is 0 Å². The fourth-order valence-electron chi connectivity index (χ4n) is 3.76. The molecule has 0 saturated carbocycles. The number of aromatic nitrogens is 3. The molecule has 2 aromatic rings. The minimum atomic E-state index is -0.259. The highest BCUT2D eigenvalue weighted by Crippen LogP contribution is 2.25. The average Bonchev–Trinajstić information content (AvgIpc) is 3.18. The van der Waals surface area contributed by atoms with Gasteiger partial charge in [0, 0.05) is 31.0 Å². The topological polar surface area (TPSA) is 85.9 Å². The molecular formula is C20H26N6O. The summed E-state index contributed by atoms with van der Waals surface area (Å²) in [7, 11) is 0. The summed E-state index contributed by atoms with van der Waals surface area (Å²) >= 11 is 0. The molecule has 1 aliphatic heterocycles. The van der Waals surface area contributed by atoms with Crippen molar-refractivity contribution in [3.8, 4) is 0 Å². The van der Waals surface area contributed by atoms with Gasteiger partial charge in [-0.2, -0.15) is 0 Å². The lowest BCUT2D eigenvalue weighted by molar-refractivity contribution is -0.123. The van der Waals surface area contributed by atoms with Gasteiger partial charge in [0.2, 0.25) is 5.91 Å². The van der Waals surface area contributed by atoms with E-state index in [4.69, 9.17) is 0 Å². The average molecular weight is 366 g/mol. The van der Waals surface area contributed by atoms with Crippen LogP contribution in [0.4, 0.5) is 5.82 Å². The van der Waals surface area contributed by atoms with E-state index < -0.39 is 0 Å². The van der Waals surface area contributed by atoms with E-state index in [1.54, 1.807) is 6.33 Å². The van der Waals surface area contributed by atoms with Crippen LogP contribution < -0.4 is 15.5 Å². The Kier molecular flexibility index (Phi) is 5.09. The third-order valence-corrected chi connectivity index (χ3v) is 5.17. The monoisotopic (exact) mass is 366 g/mol. The Hall–Kier alpha value is -2.83. The first-order valence-corrected chi connectivity index (χ1v) is 9.67. The number of anilines is 1. The summed E-state index contributed by atoms with van der Waals surface area (Å²) < 4.78 is 0. The standard InChI is InChI=1S/C20H26N6O/c1-14(24-15-6-3-2-4-7-15)20(27)25-16-8-5-11-26(12-16)19-17-9-10-21-18(17)22-13-23-19/h3,6-7,9-10,13-14,16,24H,2,4-5,8,11-12H2,1H3,(H,25,27)(H,21,22,23). The normalized spacial score (nSPS) is 21.0. The van der Waals surface area contributed by atoms with Crippen LogP contribution >= 0.6 is 0 Å². The first-order chi connectivity index (χ1) is 13.2. The first kappa shape index (κ1) is 17.6. The molecule has 2 aliphatic rings. The van der Waals surface area contributed by atoms with Gasteiger partial charge in [0.1, 0.15) is 23.8 Å². The molecule has 7 heteroatoms. The van der Waals surface area contributed by atoms with Crippen LogP contribution in [0.5, 0.6) is 0 Å². The quantitative estimate of drug-likeness (QED) is 0.756. The van der Waals surface area contributed by atoms with Gasteiger partial charge >= 0.3 is 0 Å². The Bertz CT molecular complexity index is 870. The largest absolute Gasteiger partial charge is 0.374 e. The molecule has 3 N–H and O–H groups in total. The van der Waals surface area contributed by atoms with Gasteiger partial charge in [0.15, 0.2) is 0 Å². The third-order valence-electron chi connectivity index (χ3n) is 5.17. The number of amides is 1. The van der Waals surface area contributed by atoms with Crippen LogP contribution in [-0.2, 0) is 4.79 Å². The highest BCUT2D eigenvalue weighted by Gasteiger charge is 2.25. The van der Waals surface area contributed by atoms with E-state index in [0.717, 1.165) is 61.3 Å². The van der Waals surface area contributed by atoms with Gasteiger partial charge in [-0.05, 0) is 44.7 Å². The Morgan fingerprint density at radius 1 is 1.37 bits per heavy atom. The molecule has 1 fully saturated rings. The van der Waals surface area contributed by atoms with E-state index in [0.29, 0.717) is 0 Å². The number of aromatic amines is 1. The van der Waals surface area contributed by atoms with Crippen molar-refractivity contribution < 1.29 is 4.79 Å². The lowest BCUT2D eigenvalue weighted by atomic mass is 10.0. The highest BCUT2D eigenvalue weighted by atomic mass is 16.2. The highest BCUT2D eigenvalue weighted by molar-refractivity contribution is 5.87. The van der Waals surface area contributed by atoms with E-state index in [-0.39, 0.29) is 18.0 Å². The number of hydrogen-bond donors (Lipinski definition) is 3. The molecule has 142 valence electrons. The van der Waals surface area contributed by atoms with E-state index in [2.05, 4.69) is 42.6 Å². The number of carbonyl (C=O) groups excluding carboxylic acids is 1. The minimum absolute atomic E-state index is 0.0382. The zero-order valence-corrected chi connectivity index (χ0v) is 15.6. The summed E-state index contributed by atoms with van der Waals surface area (Å²) in [5, 5.41) is 7.52. The van der Waals surface area contributed by atoms with Gasteiger partial charge in [-0.3, -0.25) is 4.79 Å². The second kappa shape index (κ2) is 7.82. The molecule has 7 nitrogen and oxygen atoms in total. The summed E-state index contributed by atoms with van der Waals surface area (Å²) in [6.07, 6.45) is 13.9. The zero-order chi connectivity index (χ0) is 18.6. The van der Waals surface area contributed by atoms with Crippen LogP contribution in [0.2, 0.25) is 0 Å². The van der Waals surface area contributed by atoms with Crippen LogP contribution in [0.15, 0.2) is 42.5 Å². The predicted octanol–water partition coefficient (Wildman–Crippen LogP) is 2.25. The maximum atomic E-state index is 12.6. The maximum absolute atomic E-state index is 12.6. The molecule has 0 bridgehead atoms. The first-order valence-electron chi connectivity index (χ1n) is 9.67. The van der Waals surface area contributed by atoms with Crippen LogP contribution in [-0.4, -0.2) is 46.0 Å². The number of carbonyl (C=O) groups is 1. The van der Waals surface area contributed by atoms with Gasteiger partial charge in [-0.15, -0.1) is 0 Å². The van der Waals surface area contributed by atoms with Crippen molar-refractivity contribution >= 4 is 22.8 Å². The smallest absolute Gasteiger partial charge is 0.242 e. The van der Waals surface area contributed by atoms with E-state index >= 15 is 0 Å². The fraction of sp³-hybridized carbons (Fsp3) is 0.450. The molecule has 1 aliphatic carbocycles. The predicted molar refractivity (Wildman–Crippen MR) is 106 cm³/mol. The minimum Gasteiger partial charge on any atom is -0.374 e. The van der Waals surface area contributed by atoms with Crippen LogP contribution in [0.3, 0.4) is 0 Å². The molecule has 2 aromatic heterocycles. The SMILES string of the molecule is CC(NC1=CCCC=C1)C(=O)NC1CCCN(c2ncnc3[nH]ccc23)C1. The molecule has 0 spiro atoms. The van der Waals surface area contributed by atoms with Crippen LogP contribution in [0.1, 0.15) is 32.6 Å². The molecule has 4 rings (SSSR count). The molecule has 3 heterocycles. The number of rotatable bonds is 5. The fourth-order valence-corrected chi connectivity index (χ4v) is 3.76. The zero-order valence-electron chi connectivity index (χ0n) is 15.6. The Balaban J connectivity index is 1.38. The van der Waals surface area contributed by atoms with Crippen molar-refractivity contribution in [2.24, 2.45) is 0 Å². The lowest BCUT2D eigenvalue weighted by Crippen LogP contribution is -2.52. The molecule has 0 radical (unpaired) electrons. The number of allylic oxidation sites excluding steroid dienone is 3. The number of nitrogens with one attached hydrogen (secondary N) is 3. The second-order valence-electron chi connectivity index (χ2n) is 7.24. The van der Waals surface area contributed by atoms with Crippen molar-refractivity contribution in [2.75, 3.05) is 18.0 Å². The molecule has 1 saturated heterocycles. The van der Waals surface area contributed by atoms with Gasteiger partial charge in [0.25, 0.3) is 0 Å². The summed E-state index contributed by atoms with van der Waals surface area (Å²) in [5.41, 5.74) is 1.88. The molecule has 27 heavy (non-hydrogen) atoms. The molecule has 0 aromatic carbocycles. The van der Waals surface area contributed by atoms with E-state index in [1.807, 2.05) is 25.3 Å². The molecule has 2 unspecified atom stereocenters. The summed E-state index contributed by atoms with van der Waals surface area (Å²) in [4.78, 5) is 26.7.